The number of hydrogen-bond donors (Lipinski definition) is 2. The molecular formula is C19H24N2O4S. The topological polar surface area (TPSA) is 84.5 Å². The number of para-hydroxylation sites is 1. The van der Waals surface area contributed by atoms with Gasteiger partial charge in [0.15, 0.2) is 6.61 Å². The first-order valence-electron chi connectivity index (χ1n) is 8.42. The molecule has 1 amide bonds. The van der Waals surface area contributed by atoms with E-state index in [4.69, 9.17) is 4.74 Å². The minimum Gasteiger partial charge on any atom is -0.483 e. The SMILES string of the molecule is CCC(C)NS(=O)(=O)c1ccc(NC(=O)COc2ccccc2C)cc1. The lowest BCUT2D eigenvalue weighted by Crippen LogP contribution is -2.32. The fourth-order valence-electron chi connectivity index (χ4n) is 2.19. The van der Waals surface area contributed by atoms with Crippen LogP contribution in [0.2, 0.25) is 0 Å². The summed E-state index contributed by atoms with van der Waals surface area (Å²) in [6.07, 6.45) is 0.703. The average Bonchev–Trinajstić information content (AvgIpc) is 2.61. The summed E-state index contributed by atoms with van der Waals surface area (Å²) in [7, 11) is -3.56. The molecule has 0 aliphatic carbocycles. The van der Waals surface area contributed by atoms with Gasteiger partial charge >= 0.3 is 0 Å². The number of amides is 1. The first-order valence-corrected chi connectivity index (χ1v) is 9.91. The van der Waals surface area contributed by atoms with E-state index in [-0.39, 0.29) is 23.5 Å². The Hall–Kier alpha value is -2.38. The lowest BCUT2D eigenvalue weighted by atomic mass is 10.2. The molecule has 2 aromatic carbocycles. The van der Waals surface area contributed by atoms with Crippen LogP contribution in [0.3, 0.4) is 0 Å². The summed E-state index contributed by atoms with van der Waals surface area (Å²) >= 11 is 0. The minimum atomic E-state index is -3.56. The van der Waals surface area contributed by atoms with Crippen LogP contribution < -0.4 is 14.8 Å². The number of nitrogens with one attached hydrogen (secondary N) is 2. The predicted octanol–water partition coefficient (Wildman–Crippen LogP) is 3.09. The van der Waals surface area contributed by atoms with E-state index >= 15 is 0 Å². The van der Waals surface area contributed by atoms with Gasteiger partial charge < -0.3 is 10.1 Å². The van der Waals surface area contributed by atoms with Crippen LogP contribution in [0.4, 0.5) is 5.69 Å². The normalized spacial score (nSPS) is 12.4. The highest BCUT2D eigenvalue weighted by Gasteiger charge is 2.16. The number of ether oxygens (including phenoxy) is 1. The van der Waals surface area contributed by atoms with Crippen LogP contribution in [0, 0.1) is 6.92 Å². The van der Waals surface area contributed by atoms with Crippen molar-refractivity contribution in [1.82, 2.24) is 4.72 Å². The average molecular weight is 376 g/mol. The Labute approximate surface area is 154 Å². The Balaban J connectivity index is 1.94. The van der Waals surface area contributed by atoms with E-state index < -0.39 is 10.0 Å². The van der Waals surface area contributed by atoms with E-state index in [0.29, 0.717) is 17.9 Å². The third-order valence-corrected chi connectivity index (χ3v) is 5.47. The molecule has 26 heavy (non-hydrogen) atoms. The smallest absolute Gasteiger partial charge is 0.262 e. The van der Waals surface area contributed by atoms with Gasteiger partial charge in [-0.2, -0.15) is 0 Å². The summed E-state index contributed by atoms with van der Waals surface area (Å²) in [6, 6.07) is 13.3. The van der Waals surface area contributed by atoms with Crippen molar-refractivity contribution in [3.8, 4) is 5.75 Å². The standard InChI is InChI=1S/C19H24N2O4S/c1-4-15(3)21-26(23,24)17-11-9-16(10-12-17)20-19(22)13-25-18-8-6-5-7-14(18)2/h5-12,15,21H,4,13H2,1-3H3,(H,20,22). The van der Waals surface area contributed by atoms with E-state index in [1.807, 2.05) is 32.0 Å². The summed E-state index contributed by atoms with van der Waals surface area (Å²) < 4.78 is 32.5. The number of anilines is 1. The number of rotatable bonds is 8. The fourth-order valence-corrected chi connectivity index (χ4v) is 3.52. The molecule has 1 unspecified atom stereocenters. The minimum absolute atomic E-state index is 0.125. The molecule has 0 saturated carbocycles. The Bertz CT molecular complexity index is 848. The van der Waals surface area contributed by atoms with Crippen molar-refractivity contribution >= 4 is 21.6 Å². The number of aryl methyl sites for hydroxylation is 1. The van der Waals surface area contributed by atoms with Gasteiger partial charge in [-0.3, -0.25) is 4.79 Å². The zero-order chi connectivity index (χ0) is 19.2. The molecule has 0 aliphatic rings. The van der Waals surface area contributed by atoms with Crippen LogP contribution in [0.15, 0.2) is 53.4 Å². The molecule has 0 bridgehead atoms. The van der Waals surface area contributed by atoms with Crippen molar-refractivity contribution in [2.45, 2.75) is 38.1 Å². The molecule has 2 rings (SSSR count). The zero-order valence-electron chi connectivity index (χ0n) is 15.2. The van der Waals surface area contributed by atoms with Gasteiger partial charge in [0.1, 0.15) is 5.75 Å². The van der Waals surface area contributed by atoms with Gasteiger partial charge in [-0.05, 0) is 56.2 Å². The molecule has 0 aliphatic heterocycles. The maximum atomic E-state index is 12.2. The van der Waals surface area contributed by atoms with E-state index in [1.165, 1.54) is 12.1 Å². The molecule has 2 N–H and O–H groups in total. The van der Waals surface area contributed by atoms with Gasteiger partial charge in [-0.15, -0.1) is 0 Å². The van der Waals surface area contributed by atoms with Crippen molar-refractivity contribution in [2.75, 3.05) is 11.9 Å². The first kappa shape index (κ1) is 19.9. The zero-order valence-corrected chi connectivity index (χ0v) is 16.0. The number of carbonyl (C=O) groups excluding carboxylic acids is 1. The second-order valence-electron chi connectivity index (χ2n) is 6.06. The van der Waals surface area contributed by atoms with Crippen molar-refractivity contribution in [2.24, 2.45) is 0 Å². The largest absolute Gasteiger partial charge is 0.483 e. The molecule has 0 fully saturated rings. The maximum absolute atomic E-state index is 12.2. The summed E-state index contributed by atoms with van der Waals surface area (Å²) in [4.78, 5) is 12.2. The molecule has 1 atom stereocenters. The van der Waals surface area contributed by atoms with Crippen LogP contribution in [0.5, 0.6) is 5.75 Å². The molecule has 2 aromatic rings. The highest BCUT2D eigenvalue weighted by Crippen LogP contribution is 2.17. The summed E-state index contributed by atoms with van der Waals surface area (Å²) in [5.41, 5.74) is 1.45. The van der Waals surface area contributed by atoms with Crippen LogP contribution in [0.25, 0.3) is 0 Å². The summed E-state index contributed by atoms with van der Waals surface area (Å²) in [6.45, 7) is 5.49. The number of carbonyl (C=O) groups is 1. The molecule has 140 valence electrons. The fraction of sp³-hybridized carbons (Fsp3) is 0.316. The molecule has 0 spiro atoms. The Morgan fingerprint density at radius 3 is 2.38 bits per heavy atom. The number of benzene rings is 2. The van der Waals surface area contributed by atoms with Crippen molar-refractivity contribution in [3.05, 3.63) is 54.1 Å². The second-order valence-corrected chi connectivity index (χ2v) is 7.77. The first-order chi connectivity index (χ1) is 12.3. The third kappa shape index (κ3) is 5.57. The molecule has 6 nitrogen and oxygen atoms in total. The quantitative estimate of drug-likeness (QED) is 0.741. The molecule has 0 radical (unpaired) electrons. The Morgan fingerprint density at radius 2 is 1.77 bits per heavy atom. The van der Waals surface area contributed by atoms with E-state index in [2.05, 4.69) is 10.0 Å². The Morgan fingerprint density at radius 1 is 1.12 bits per heavy atom. The highest BCUT2D eigenvalue weighted by atomic mass is 32.2. The number of sulfonamides is 1. The van der Waals surface area contributed by atoms with E-state index in [9.17, 15) is 13.2 Å². The van der Waals surface area contributed by atoms with E-state index in [0.717, 1.165) is 5.56 Å². The molecule has 7 heteroatoms. The van der Waals surface area contributed by atoms with Gasteiger partial charge in [-0.25, -0.2) is 13.1 Å². The summed E-state index contributed by atoms with van der Waals surface area (Å²) in [5.74, 6) is 0.335. The van der Waals surface area contributed by atoms with E-state index in [1.54, 1.807) is 25.1 Å². The molecular weight excluding hydrogens is 352 g/mol. The van der Waals surface area contributed by atoms with Crippen LogP contribution >= 0.6 is 0 Å². The molecule has 0 heterocycles. The maximum Gasteiger partial charge on any atom is 0.262 e. The van der Waals surface area contributed by atoms with Gasteiger partial charge in [0.25, 0.3) is 5.91 Å². The predicted molar refractivity (Wildman–Crippen MR) is 102 cm³/mol. The van der Waals surface area contributed by atoms with Gasteiger partial charge in [-0.1, -0.05) is 25.1 Å². The monoisotopic (exact) mass is 376 g/mol. The van der Waals surface area contributed by atoms with Crippen LogP contribution in [0.1, 0.15) is 25.8 Å². The van der Waals surface area contributed by atoms with Gasteiger partial charge in [0.05, 0.1) is 4.90 Å². The Kier molecular flexibility index (Phi) is 6.76. The lowest BCUT2D eigenvalue weighted by Gasteiger charge is -2.13. The third-order valence-electron chi connectivity index (χ3n) is 3.87. The molecule has 0 saturated heterocycles. The van der Waals surface area contributed by atoms with Crippen molar-refractivity contribution < 1.29 is 17.9 Å². The van der Waals surface area contributed by atoms with Crippen LogP contribution in [-0.4, -0.2) is 27.0 Å². The van der Waals surface area contributed by atoms with Gasteiger partial charge in [0.2, 0.25) is 10.0 Å². The van der Waals surface area contributed by atoms with Crippen molar-refractivity contribution in [1.29, 1.82) is 0 Å². The summed E-state index contributed by atoms with van der Waals surface area (Å²) in [5, 5.41) is 2.68. The number of hydrogen-bond acceptors (Lipinski definition) is 4. The van der Waals surface area contributed by atoms with Crippen LogP contribution in [-0.2, 0) is 14.8 Å². The van der Waals surface area contributed by atoms with Crippen molar-refractivity contribution in [3.63, 3.8) is 0 Å². The van der Waals surface area contributed by atoms with Gasteiger partial charge in [0, 0.05) is 11.7 Å². The second kappa shape index (κ2) is 8.82. The highest BCUT2D eigenvalue weighted by molar-refractivity contribution is 7.89. The lowest BCUT2D eigenvalue weighted by molar-refractivity contribution is -0.118. The molecule has 0 aromatic heterocycles.